The summed E-state index contributed by atoms with van der Waals surface area (Å²) in [5.41, 5.74) is 1.37. The van der Waals surface area contributed by atoms with Crippen LogP contribution in [0.4, 0.5) is 0 Å². The molecule has 332 valence electrons. The highest BCUT2D eigenvalue weighted by Crippen LogP contribution is 2.19. The molecular formula is C40H60N8O12. The van der Waals surface area contributed by atoms with Gasteiger partial charge in [0.15, 0.2) is 0 Å². The summed E-state index contributed by atoms with van der Waals surface area (Å²) in [6.45, 7) is 8.68. The van der Waals surface area contributed by atoms with E-state index in [1.807, 2.05) is 6.92 Å². The van der Waals surface area contributed by atoms with Crippen LogP contribution < -0.4 is 10.6 Å². The number of aryl methyl sites for hydroxylation is 1. The number of aromatic nitrogens is 1. The molecule has 0 spiro atoms. The molecule has 60 heavy (non-hydrogen) atoms. The first-order valence-electron chi connectivity index (χ1n) is 20.1. The molecule has 2 saturated heterocycles. The summed E-state index contributed by atoms with van der Waals surface area (Å²) in [5, 5.41) is 44.1. The molecule has 2 fully saturated rings. The van der Waals surface area contributed by atoms with Crippen LogP contribution in [0, 0.1) is 6.92 Å². The second kappa shape index (κ2) is 25.2. The normalized spacial score (nSPS) is 18.4. The number of aliphatic carboxylic acids is 4. The second-order valence-corrected chi connectivity index (χ2v) is 14.9. The van der Waals surface area contributed by atoms with Crippen molar-refractivity contribution in [2.75, 3.05) is 98.2 Å². The van der Waals surface area contributed by atoms with Gasteiger partial charge in [-0.3, -0.25) is 58.1 Å². The van der Waals surface area contributed by atoms with Gasteiger partial charge < -0.3 is 40.7 Å². The minimum Gasteiger partial charge on any atom is -0.494 e. The van der Waals surface area contributed by atoms with Gasteiger partial charge in [0.25, 0.3) is 5.91 Å². The van der Waals surface area contributed by atoms with Crippen molar-refractivity contribution >= 4 is 47.7 Å². The highest BCUT2D eigenvalue weighted by atomic mass is 16.5. The van der Waals surface area contributed by atoms with Gasteiger partial charge in [0.05, 0.1) is 38.3 Å². The molecule has 3 amide bonds. The molecule has 0 radical (unpaired) electrons. The summed E-state index contributed by atoms with van der Waals surface area (Å²) in [7, 11) is 0. The summed E-state index contributed by atoms with van der Waals surface area (Å²) in [6, 6.07) is 0.557. The van der Waals surface area contributed by atoms with Crippen LogP contribution in [-0.4, -0.2) is 202 Å². The Bertz CT molecular complexity index is 1680. The first kappa shape index (κ1) is 48.9. The van der Waals surface area contributed by atoms with Gasteiger partial charge in [-0.15, -0.1) is 0 Å². The molecule has 0 bridgehead atoms. The van der Waals surface area contributed by atoms with Crippen LogP contribution in [-0.2, 0) is 33.5 Å². The predicted octanol–water partition coefficient (Wildman–Crippen LogP) is -0.111. The van der Waals surface area contributed by atoms with E-state index in [9.17, 15) is 54.0 Å². The molecule has 1 unspecified atom stereocenters. The van der Waals surface area contributed by atoms with Crippen LogP contribution in [0.25, 0.3) is 6.08 Å². The molecule has 20 nitrogen and oxygen atoms in total. The summed E-state index contributed by atoms with van der Waals surface area (Å²) in [4.78, 5) is 98.4. The van der Waals surface area contributed by atoms with Crippen molar-refractivity contribution in [3.63, 3.8) is 0 Å². The maximum atomic E-state index is 13.1. The Morgan fingerprint density at radius 3 is 1.93 bits per heavy atom. The van der Waals surface area contributed by atoms with E-state index in [0.717, 1.165) is 12.8 Å². The van der Waals surface area contributed by atoms with Crippen molar-refractivity contribution in [3.8, 4) is 0 Å². The Kier molecular flexibility index (Phi) is 20.6. The molecule has 0 aliphatic carbocycles. The lowest BCUT2D eigenvalue weighted by atomic mass is 10.0. The summed E-state index contributed by atoms with van der Waals surface area (Å²) >= 11 is 0. The van der Waals surface area contributed by atoms with Crippen LogP contribution in [0.3, 0.4) is 0 Å². The molecule has 1 aromatic rings. The average Bonchev–Trinajstić information content (AvgIpc) is 3.62. The van der Waals surface area contributed by atoms with Crippen molar-refractivity contribution in [2.45, 2.75) is 58.0 Å². The molecule has 0 saturated carbocycles. The SMILES string of the molecule is C=C/C(=C\c1c(C(=O)NCC(=O)N2CCC[C@H]2C)ccnc1C)OCCCNC(=O)CCC(C(=O)O)N1CCN(CC(=O)O)CCN(CC(=O)O)CCN(CC(=O)O)CC1. The number of amides is 3. The second-order valence-electron chi connectivity index (χ2n) is 14.9. The fourth-order valence-corrected chi connectivity index (χ4v) is 7.14. The van der Waals surface area contributed by atoms with E-state index < -0.39 is 41.7 Å². The van der Waals surface area contributed by atoms with Gasteiger partial charge in [0.2, 0.25) is 11.8 Å². The van der Waals surface area contributed by atoms with E-state index in [4.69, 9.17) is 4.74 Å². The van der Waals surface area contributed by atoms with Gasteiger partial charge in [-0.2, -0.15) is 0 Å². The molecule has 2 aliphatic heterocycles. The van der Waals surface area contributed by atoms with Crippen molar-refractivity contribution in [2.24, 2.45) is 0 Å². The third-order valence-electron chi connectivity index (χ3n) is 10.4. The first-order valence-corrected chi connectivity index (χ1v) is 20.1. The van der Waals surface area contributed by atoms with Gasteiger partial charge in [0, 0.05) is 95.4 Å². The van der Waals surface area contributed by atoms with Crippen molar-refractivity contribution in [1.82, 2.24) is 40.1 Å². The number of carboxylic acids is 4. The van der Waals surface area contributed by atoms with Crippen LogP contribution >= 0.6 is 0 Å². The zero-order valence-electron chi connectivity index (χ0n) is 34.6. The Hall–Kier alpha value is -5.44. The van der Waals surface area contributed by atoms with E-state index in [-0.39, 0.29) is 116 Å². The lowest BCUT2D eigenvalue weighted by Crippen LogP contribution is -2.52. The van der Waals surface area contributed by atoms with E-state index in [0.29, 0.717) is 35.5 Å². The topological polar surface area (TPSA) is 263 Å². The maximum absolute atomic E-state index is 13.1. The minimum atomic E-state index is -1.19. The number of hydrogen-bond acceptors (Lipinski definition) is 13. The monoisotopic (exact) mass is 844 g/mol. The number of nitrogens with zero attached hydrogens (tertiary/aromatic N) is 6. The molecular weight excluding hydrogens is 784 g/mol. The summed E-state index contributed by atoms with van der Waals surface area (Å²) < 4.78 is 5.88. The average molecular weight is 845 g/mol. The Morgan fingerprint density at radius 2 is 1.43 bits per heavy atom. The largest absolute Gasteiger partial charge is 0.494 e. The molecule has 1 aromatic heterocycles. The number of pyridine rings is 1. The zero-order valence-corrected chi connectivity index (χ0v) is 34.6. The third-order valence-corrected chi connectivity index (χ3v) is 10.4. The summed E-state index contributed by atoms with van der Waals surface area (Å²) in [6.07, 6.45) is 6.65. The number of carbonyl (C=O) groups is 7. The quantitative estimate of drug-likeness (QED) is 0.0536. The standard InChI is InChI=1S/C40H60N8O12/c1-4-30(23-32-29(3)41-12-10-31(32)39(57)43-24-35(50)48-13-5-7-28(48)2)60-22-6-11-42-34(49)9-8-33(40(58)59)47-20-18-45(26-37(53)54)16-14-44(25-36(51)52)15-17-46(19-21-47)27-38(55)56/h4,10,12,23,28,33H,1,5-9,11,13-22,24-27H2,2-3H3,(H,42,49)(H,43,57)(H,51,52)(H,53,54)(H,55,56)(H,58,59)/b30-23+/t28-,33?/m1/s1. The Labute approximate surface area is 349 Å². The number of carboxylic acid groups (broad SMARTS) is 4. The number of nitrogens with one attached hydrogen (secondary N) is 2. The number of carbonyl (C=O) groups excluding carboxylic acids is 3. The number of allylic oxidation sites excluding steroid dienone is 1. The van der Waals surface area contributed by atoms with E-state index >= 15 is 0 Å². The van der Waals surface area contributed by atoms with Gasteiger partial charge in [-0.25, -0.2) is 0 Å². The number of ether oxygens (including phenoxy) is 1. The highest BCUT2D eigenvalue weighted by Gasteiger charge is 2.29. The first-order chi connectivity index (χ1) is 28.6. The van der Waals surface area contributed by atoms with Gasteiger partial charge >= 0.3 is 23.9 Å². The molecule has 2 atom stereocenters. The summed E-state index contributed by atoms with van der Waals surface area (Å²) in [5.74, 6) is -5.09. The third kappa shape index (κ3) is 17.0. The predicted molar refractivity (Wildman–Crippen MR) is 218 cm³/mol. The van der Waals surface area contributed by atoms with Gasteiger partial charge in [-0.05, 0) is 57.7 Å². The maximum Gasteiger partial charge on any atom is 0.320 e. The number of rotatable bonds is 21. The molecule has 3 rings (SSSR count). The lowest BCUT2D eigenvalue weighted by Gasteiger charge is -2.35. The molecule has 2 aliphatic rings. The minimum absolute atomic E-state index is 0.0722. The van der Waals surface area contributed by atoms with Crippen LogP contribution in [0.5, 0.6) is 0 Å². The number of likely N-dealkylation sites (tertiary alicyclic amines) is 1. The Balaban J connectivity index is 1.56. The molecule has 6 N–H and O–H groups in total. The van der Waals surface area contributed by atoms with E-state index in [1.165, 1.54) is 12.3 Å². The smallest absolute Gasteiger partial charge is 0.320 e. The fraction of sp³-hybridized carbons (Fsp3) is 0.600. The van der Waals surface area contributed by atoms with Crippen molar-refractivity contribution in [3.05, 3.63) is 47.5 Å². The lowest BCUT2D eigenvalue weighted by molar-refractivity contribution is -0.145. The highest BCUT2D eigenvalue weighted by molar-refractivity contribution is 5.99. The fourth-order valence-electron chi connectivity index (χ4n) is 7.14. The van der Waals surface area contributed by atoms with Gasteiger partial charge in [-0.1, -0.05) is 6.58 Å². The van der Waals surface area contributed by atoms with Crippen molar-refractivity contribution in [1.29, 1.82) is 0 Å². The molecule has 3 heterocycles. The van der Waals surface area contributed by atoms with Crippen molar-refractivity contribution < 1.29 is 58.7 Å². The van der Waals surface area contributed by atoms with Crippen LogP contribution in [0.15, 0.2) is 30.7 Å². The Morgan fingerprint density at radius 1 is 0.867 bits per heavy atom. The van der Waals surface area contributed by atoms with Crippen LogP contribution in [0.1, 0.15) is 60.6 Å². The molecule has 0 aromatic carbocycles. The zero-order chi connectivity index (χ0) is 44.2. The molecule has 20 heteroatoms. The van der Waals surface area contributed by atoms with E-state index in [2.05, 4.69) is 22.2 Å². The number of hydrogen-bond donors (Lipinski definition) is 6. The van der Waals surface area contributed by atoms with Gasteiger partial charge in [0.1, 0.15) is 11.8 Å². The van der Waals surface area contributed by atoms with E-state index in [1.54, 1.807) is 43.6 Å². The van der Waals surface area contributed by atoms with Crippen LogP contribution in [0.2, 0.25) is 0 Å².